The summed E-state index contributed by atoms with van der Waals surface area (Å²) in [6, 6.07) is 3.98. The number of rotatable bonds is 3. The zero-order valence-corrected chi connectivity index (χ0v) is 14.8. The van der Waals surface area contributed by atoms with E-state index in [9.17, 15) is 13.2 Å². The van der Waals surface area contributed by atoms with Crippen molar-refractivity contribution in [1.29, 1.82) is 0 Å². The van der Waals surface area contributed by atoms with Crippen molar-refractivity contribution in [2.45, 2.75) is 4.90 Å². The third-order valence-corrected chi connectivity index (χ3v) is 5.73. The summed E-state index contributed by atoms with van der Waals surface area (Å²) in [5.74, 6) is -0.413. The maximum absolute atomic E-state index is 12.1. The van der Waals surface area contributed by atoms with E-state index in [2.05, 4.69) is 21.2 Å². The zero-order chi connectivity index (χ0) is 15.8. The SMILES string of the molecule is NS(=O)(=O)c1cc(Cl)c(NC(=O)c2sccc2Br)c(Cl)c1. The van der Waals surface area contributed by atoms with Crippen LogP contribution in [0.3, 0.4) is 0 Å². The van der Waals surface area contributed by atoms with E-state index < -0.39 is 15.9 Å². The minimum atomic E-state index is -3.93. The first-order valence-corrected chi connectivity index (χ1v) is 9.24. The first kappa shape index (κ1) is 16.7. The summed E-state index contributed by atoms with van der Waals surface area (Å²) in [6.07, 6.45) is 0. The van der Waals surface area contributed by atoms with Crippen molar-refractivity contribution in [3.63, 3.8) is 0 Å². The quantitative estimate of drug-likeness (QED) is 0.778. The van der Waals surface area contributed by atoms with Gasteiger partial charge in [0.05, 0.1) is 20.6 Å². The summed E-state index contributed by atoms with van der Waals surface area (Å²) in [5.41, 5.74) is 0.121. The van der Waals surface area contributed by atoms with Crippen molar-refractivity contribution in [2.75, 3.05) is 5.32 Å². The monoisotopic (exact) mass is 428 g/mol. The molecule has 0 fully saturated rings. The van der Waals surface area contributed by atoms with Gasteiger partial charge in [-0.05, 0) is 39.5 Å². The number of benzene rings is 1. The molecule has 0 aliphatic heterocycles. The van der Waals surface area contributed by atoms with E-state index in [1.165, 1.54) is 11.3 Å². The van der Waals surface area contributed by atoms with Gasteiger partial charge in [-0.1, -0.05) is 23.2 Å². The summed E-state index contributed by atoms with van der Waals surface area (Å²) in [6.45, 7) is 0. The molecule has 0 saturated carbocycles. The lowest BCUT2D eigenvalue weighted by Crippen LogP contribution is -2.14. The Balaban J connectivity index is 2.38. The Morgan fingerprint density at radius 3 is 2.29 bits per heavy atom. The number of carbonyl (C=O) groups is 1. The van der Waals surface area contributed by atoms with Gasteiger partial charge in [-0.25, -0.2) is 13.6 Å². The summed E-state index contributed by atoms with van der Waals surface area (Å²) >= 11 is 16.4. The topological polar surface area (TPSA) is 89.3 Å². The molecule has 0 unspecified atom stereocenters. The smallest absolute Gasteiger partial charge is 0.266 e. The highest BCUT2D eigenvalue weighted by atomic mass is 79.9. The fraction of sp³-hybridized carbons (Fsp3) is 0. The van der Waals surface area contributed by atoms with E-state index in [0.29, 0.717) is 9.35 Å². The Morgan fingerprint density at radius 1 is 1.29 bits per heavy atom. The molecule has 0 aliphatic carbocycles. The Kier molecular flexibility index (Phi) is 4.96. The molecule has 2 aromatic rings. The van der Waals surface area contributed by atoms with Gasteiger partial charge in [0.2, 0.25) is 10.0 Å². The number of halogens is 3. The van der Waals surface area contributed by atoms with Crippen LogP contribution in [0.2, 0.25) is 10.0 Å². The molecule has 1 heterocycles. The number of anilines is 1. The van der Waals surface area contributed by atoms with Crippen LogP contribution in [0.25, 0.3) is 0 Å². The average molecular weight is 430 g/mol. The molecule has 3 N–H and O–H groups in total. The van der Waals surface area contributed by atoms with Gasteiger partial charge >= 0.3 is 0 Å². The van der Waals surface area contributed by atoms with Crippen LogP contribution in [0, 0.1) is 0 Å². The molecule has 0 aliphatic rings. The molecule has 21 heavy (non-hydrogen) atoms. The van der Waals surface area contributed by atoms with Crippen LogP contribution in [-0.2, 0) is 10.0 Å². The molecule has 112 valence electrons. The number of hydrogen-bond acceptors (Lipinski definition) is 4. The lowest BCUT2D eigenvalue weighted by Gasteiger charge is -2.10. The standard InChI is InChI=1S/C11H7BrCl2N2O3S2/c12-6-1-2-20-10(6)11(17)16-9-7(13)3-5(4-8(9)14)21(15,18)19/h1-4H,(H,16,17)(H2,15,18,19). The molecule has 2 rings (SSSR count). The average Bonchev–Trinajstić information content (AvgIpc) is 2.78. The van der Waals surface area contributed by atoms with Gasteiger partial charge in [0.25, 0.3) is 5.91 Å². The van der Waals surface area contributed by atoms with Crippen LogP contribution in [0.1, 0.15) is 9.67 Å². The van der Waals surface area contributed by atoms with Gasteiger partial charge in [-0.2, -0.15) is 0 Å². The molecule has 0 radical (unpaired) electrons. The van der Waals surface area contributed by atoms with E-state index in [0.717, 1.165) is 12.1 Å². The highest BCUT2D eigenvalue weighted by Gasteiger charge is 2.18. The maximum Gasteiger partial charge on any atom is 0.266 e. The number of nitrogens with two attached hydrogens (primary N) is 1. The largest absolute Gasteiger partial charge is 0.319 e. The molecule has 0 spiro atoms. The van der Waals surface area contributed by atoms with E-state index in [1.807, 2.05) is 0 Å². The molecule has 1 aromatic heterocycles. The number of thiophene rings is 1. The highest BCUT2D eigenvalue weighted by molar-refractivity contribution is 9.10. The molecule has 0 atom stereocenters. The summed E-state index contributed by atoms with van der Waals surface area (Å²) in [7, 11) is -3.93. The second-order valence-electron chi connectivity index (χ2n) is 3.86. The maximum atomic E-state index is 12.1. The number of hydrogen-bond donors (Lipinski definition) is 2. The molecular weight excluding hydrogens is 423 g/mol. The zero-order valence-electron chi connectivity index (χ0n) is 10.1. The van der Waals surface area contributed by atoms with Crippen LogP contribution in [-0.4, -0.2) is 14.3 Å². The minimum absolute atomic E-state index is 0.0208. The number of sulfonamides is 1. The molecule has 1 amide bonds. The highest BCUT2D eigenvalue weighted by Crippen LogP contribution is 2.34. The second kappa shape index (κ2) is 6.23. The minimum Gasteiger partial charge on any atom is -0.319 e. The van der Waals surface area contributed by atoms with Gasteiger partial charge in [0.1, 0.15) is 4.88 Å². The predicted molar refractivity (Wildman–Crippen MR) is 87.8 cm³/mol. The van der Waals surface area contributed by atoms with Gasteiger partial charge in [-0.3, -0.25) is 4.79 Å². The van der Waals surface area contributed by atoms with E-state index >= 15 is 0 Å². The lowest BCUT2D eigenvalue weighted by atomic mass is 10.3. The molecule has 0 saturated heterocycles. The van der Waals surface area contributed by atoms with Crippen molar-refractivity contribution in [1.82, 2.24) is 0 Å². The molecule has 1 aromatic carbocycles. The normalized spacial score (nSPS) is 11.4. The van der Waals surface area contributed by atoms with Crippen molar-refractivity contribution in [3.8, 4) is 0 Å². The molecule has 10 heteroatoms. The van der Waals surface area contributed by atoms with Gasteiger partial charge in [0.15, 0.2) is 0 Å². The molecule has 5 nitrogen and oxygen atoms in total. The third-order valence-electron chi connectivity index (χ3n) is 2.41. The van der Waals surface area contributed by atoms with Crippen molar-refractivity contribution in [2.24, 2.45) is 5.14 Å². The van der Waals surface area contributed by atoms with Crippen LogP contribution in [0.5, 0.6) is 0 Å². The summed E-state index contributed by atoms with van der Waals surface area (Å²) < 4.78 is 23.2. The first-order valence-electron chi connectivity index (χ1n) is 5.26. The third kappa shape index (κ3) is 3.77. The Labute approximate surface area is 143 Å². The number of nitrogens with one attached hydrogen (secondary N) is 1. The van der Waals surface area contributed by atoms with E-state index in [4.69, 9.17) is 28.3 Å². The van der Waals surface area contributed by atoms with E-state index in [1.54, 1.807) is 11.4 Å². The van der Waals surface area contributed by atoms with Crippen LogP contribution < -0.4 is 10.5 Å². The van der Waals surface area contributed by atoms with Crippen LogP contribution in [0.15, 0.2) is 32.9 Å². The Hall–Kier alpha value is -0.640. The van der Waals surface area contributed by atoms with Gasteiger partial charge < -0.3 is 5.32 Å². The molecular formula is C11H7BrCl2N2O3S2. The fourth-order valence-electron chi connectivity index (χ4n) is 1.46. The summed E-state index contributed by atoms with van der Waals surface area (Å²) in [4.78, 5) is 12.3. The summed E-state index contributed by atoms with van der Waals surface area (Å²) in [5, 5.41) is 9.25. The number of carbonyl (C=O) groups excluding carboxylic acids is 1. The Bertz CT molecular complexity index is 798. The van der Waals surface area contributed by atoms with Crippen molar-refractivity contribution in [3.05, 3.63) is 43.0 Å². The van der Waals surface area contributed by atoms with E-state index in [-0.39, 0.29) is 20.6 Å². The number of primary sulfonamides is 1. The second-order valence-corrected chi connectivity index (χ2v) is 8.00. The van der Waals surface area contributed by atoms with Crippen molar-refractivity contribution >= 4 is 72.1 Å². The Morgan fingerprint density at radius 2 is 1.86 bits per heavy atom. The predicted octanol–water partition coefficient (Wildman–Crippen LogP) is 3.72. The van der Waals surface area contributed by atoms with Gasteiger partial charge in [-0.15, -0.1) is 11.3 Å². The van der Waals surface area contributed by atoms with Gasteiger partial charge in [0, 0.05) is 4.47 Å². The number of amides is 1. The van der Waals surface area contributed by atoms with Crippen LogP contribution in [0.4, 0.5) is 5.69 Å². The van der Waals surface area contributed by atoms with Crippen molar-refractivity contribution < 1.29 is 13.2 Å². The first-order chi connectivity index (χ1) is 9.70. The lowest BCUT2D eigenvalue weighted by molar-refractivity contribution is 0.103. The molecule has 0 bridgehead atoms. The van der Waals surface area contributed by atoms with Crippen LogP contribution >= 0.6 is 50.5 Å². The fourth-order valence-corrected chi connectivity index (χ4v) is 4.18.